The number of benzene rings is 2. The van der Waals surface area contributed by atoms with Gasteiger partial charge in [-0.15, -0.1) is 0 Å². The third kappa shape index (κ3) is 3.17. The highest BCUT2D eigenvalue weighted by atomic mass is 15.2. The zero-order valence-electron chi connectivity index (χ0n) is 20.3. The average Bonchev–Trinajstić information content (AvgIpc) is 3.58. The minimum Gasteiger partial charge on any atom is -0.198 e. The van der Waals surface area contributed by atoms with E-state index < -0.39 is 0 Å². The Labute approximate surface area is 199 Å². The summed E-state index contributed by atoms with van der Waals surface area (Å²) in [6.07, 6.45) is 17.7. The number of hydrogen-bond acceptors (Lipinski definition) is 0. The smallest absolute Gasteiger partial charge is 0.198 e. The maximum Gasteiger partial charge on any atom is 0.299 e. The molecule has 0 N–H and O–H groups in total. The predicted octanol–water partition coefficient (Wildman–Crippen LogP) is 7.54. The lowest BCUT2D eigenvalue weighted by molar-refractivity contribution is -0.563. The van der Waals surface area contributed by atoms with Crippen LogP contribution in [0.4, 0.5) is 0 Å². The normalized spacial score (nSPS) is 23.3. The molecule has 2 heterocycles. The van der Waals surface area contributed by atoms with Crippen LogP contribution < -0.4 is 4.57 Å². The van der Waals surface area contributed by atoms with E-state index in [0.29, 0.717) is 0 Å². The molecule has 0 spiro atoms. The molecule has 0 amide bonds. The van der Waals surface area contributed by atoms with Crippen LogP contribution >= 0.6 is 0 Å². The van der Waals surface area contributed by atoms with E-state index in [1.807, 2.05) is 0 Å². The van der Waals surface area contributed by atoms with Gasteiger partial charge in [0.2, 0.25) is 0 Å². The van der Waals surface area contributed by atoms with Gasteiger partial charge in [0.15, 0.2) is 11.4 Å². The minimum absolute atomic E-state index is 0.193. The molecule has 33 heavy (non-hydrogen) atoms. The maximum absolute atomic E-state index is 2.66. The molecule has 1 unspecified atom stereocenters. The van der Waals surface area contributed by atoms with Crippen LogP contribution in [-0.4, -0.2) is 4.57 Å². The van der Waals surface area contributed by atoms with Crippen molar-refractivity contribution in [2.24, 2.45) is 11.8 Å². The lowest BCUT2D eigenvalue weighted by Gasteiger charge is -2.41. The van der Waals surface area contributed by atoms with Gasteiger partial charge in [-0.25, -0.2) is 0 Å². The van der Waals surface area contributed by atoms with Crippen molar-refractivity contribution in [2.75, 3.05) is 0 Å². The zero-order valence-corrected chi connectivity index (χ0v) is 20.3. The van der Waals surface area contributed by atoms with Crippen LogP contribution in [0.5, 0.6) is 0 Å². The van der Waals surface area contributed by atoms with E-state index in [1.165, 1.54) is 86.1 Å². The standard InChI is InChI=1S/C31H37N2/c1-23-13-9-12-20-28(23)33-24(2)29-31(27-18-10-11-19-27,26-16-7-4-8-17-26)21-22-32(29)30(33)25-14-5-3-6-15-25/h3,5-6,9,12-15,20-22,26-27H,4,7-8,10-11,16-19H2,1-2H3/q+1. The molecule has 1 aliphatic heterocycles. The summed E-state index contributed by atoms with van der Waals surface area (Å²) in [5.41, 5.74) is 7.16. The summed E-state index contributed by atoms with van der Waals surface area (Å²) in [7, 11) is 0. The zero-order chi connectivity index (χ0) is 22.4. The van der Waals surface area contributed by atoms with Crippen LogP contribution in [0.2, 0.25) is 0 Å². The molecule has 2 aromatic carbocycles. The monoisotopic (exact) mass is 437 g/mol. The number of nitrogens with zero attached hydrogens (tertiary/aromatic N) is 2. The lowest BCUT2D eigenvalue weighted by Crippen LogP contribution is -2.45. The number of aryl methyl sites for hydroxylation is 1. The number of para-hydroxylation sites is 1. The molecule has 2 aliphatic carbocycles. The van der Waals surface area contributed by atoms with Crippen LogP contribution in [0.1, 0.15) is 74.7 Å². The number of rotatable bonds is 4. The van der Waals surface area contributed by atoms with Gasteiger partial charge in [0.25, 0.3) is 5.82 Å². The molecule has 2 saturated carbocycles. The van der Waals surface area contributed by atoms with E-state index in [9.17, 15) is 0 Å². The topological polar surface area (TPSA) is 8.81 Å². The van der Waals surface area contributed by atoms with E-state index in [1.54, 1.807) is 5.69 Å². The predicted molar refractivity (Wildman–Crippen MR) is 136 cm³/mol. The van der Waals surface area contributed by atoms with Gasteiger partial charge in [-0.2, -0.15) is 9.13 Å². The van der Waals surface area contributed by atoms with Gasteiger partial charge >= 0.3 is 0 Å². The molecule has 3 aliphatic rings. The molecule has 0 saturated heterocycles. The third-order valence-electron chi connectivity index (χ3n) is 8.97. The summed E-state index contributed by atoms with van der Waals surface area (Å²) >= 11 is 0. The van der Waals surface area contributed by atoms with Crippen LogP contribution in [0.25, 0.3) is 23.3 Å². The van der Waals surface area contributed by atoms with Gasteiger partial charge in [-0.05, 0) is 74.3 Å². The number of allylic oxidation sites excluding steroid dienone is 1. The Balaban J connectivity index is 1.64. The van der Waals surface area contributed by atoms with Gasteiger partial charge < -0.3 is 0 Å². The third-order valence-corrected chi connectivity index (χ3v) is 8.97. The molecule has 2 heteroatoms. The fraction of sp³-hybridized carbons (Fsp3) is 0.452. The highest BCUT2D eigenvalue weighted by Crippen LogP contribution is 2.54. The fourth-order valence-corrected chi connectivity index (χ4v) is 7.54. The van der Waals surface area contributed by atoms with Crippen molar-refractivity contribution in [3.05, 3.63) is 77.6 Å². The molecular formula is C31H37N2+. The Hall–Kier alpha value is -2.61. The highest BCUT2D eigenvalue weighted by molar-refractivity contribution is 5.61. The van der Waals surface area contributed by atoms with Gasteiger partial charge in [0.05, 0.1) is 17.2 Å². The van der Waals surface area contributed by atoms with Crippen molar-refractivity contribution in [1.82, 2.24) is 4.57 Å². The largest absolute Gasteiger partial charge is 0.299 e. The molecule has 2 nitrogen and oxygen atoms in total. The second kappa shape index (κ2) is 8.31. The van der Waals surface area contributed by atoms with Crippen molar-refractivity contribution < 1.29 is 4.57 Å². The summed E-state index contributed by atoms with van der Waals surface area (Å²) < 4.78 is 5.15. The van der Waals surface area contributed by atoms with E-state index in [4.69, 9.17) is 0 Å². The van der Waals surface area contributed by atoms with Crippen molar-refractivity contribution in [3.63, 3.8) is 0 Å². The van der Waals surface area contributed by atoms with Crippen LogP contribution in [-0.2, 0) is 5.41 Å². The summed E-state index contributed by atoms with van der Waals surface area (Å²) in [4.78, 5) is 0. The molecule has 0 radical (unpaired) electrons. The Morgan fingerprint density at radius 3 is 2.03 bits per heavy atom. The van der Waals surface area contributed by atoms with Crippen LogP contribution in [0, 0.1) is 25.7 Å². The van der Waals surface area contributed by atoms with Crippen molar-refractivity contribution in [3.8, 4) is 17.1 Å². The van der Waals surface area contributed by atoms with Crippen molar-refractivity contribution in [2.45, 2.75) is 77.0 Å². The van der Waals surface area contributed by atoms with Gasteiger partial charge in [-0.3, -0.25) is 0 Å². The van der Waals surface area contributed by atoms with E-state index in [2.05, 4.69) is 89.9 Å². The molecule has 0 bridgehead atoms. The lowest BCUT2D eigenvalue weighted by atomic mass is 9.60. The molecule has 2 fully saturated rings. The van der Waals surface area contributed by atoms with Crippen molar-refractivity contribution in [1.29, 1.82) is 0 Å². The van der Waals surface area contributed by atoms with Gasteiger partial charge in [0, 0.05) is 6.92 Å². The SMILES string of the molecule is Cc1ccccc1-n1c(C)c2[n+](c1-c1ccccc1)C=CC2(C1CCCCC1)C1CCCC1. The van der Waals surface area contributed by atoms with E-state index >= 15 is 0 Å². The quantitative estimate of drug-likeness (QED) is 0.373. The Kier molecular flexibility index (Phi) is 5.28. The van der Waals surface area contributed by atoms with Crippen LogP contribution in [0.3, 0.4) is 0 Å². The van der Waals surface area contributed by atoms with Crippen LogP contribution in [0.15, 0.2) is 60.7 Å². The second-order valence-corrected chi connectivity index (χ2v) is 10.7. The Morgan fingerprint density at radius 2 is 1.36 bits per heavy atom. The summed E-state index contributed by atoms with van der Waals surface area (Å²) in [5, 5.41) is 0. The molecule has 1 aromatic heterocycles. The molecular weight excluding hydrogens is 400 g/mol. The number of hydrogen-bond donors (Lipinski definition) is 0. The van der Waals surface area contributed by atoms with Gasteiger partial charge in [-0.1, -0.05) is 68.5 Å². The van der Waals surface area contributed by atoms with E-state index in [0.717, 1.165) is 11.8 Å². The fourth-order valence-electron chi connectivity index (χ4n) is 7.54. The first-order valence-electron chi connectivity index (χ1n) is 13.2. The highest BCUT2D eigenvalue weighted by Gasteiger charge is 2.55. The molecule has 6 rings (SSSR count). The Morgan fingerprint density at radius 1 is 0.758 bits per heavy atom. The first-order chi connectivity index (χ1) is 16.2. The number of imidazole rings is 1. The maximum atomic E-state index is 2.66. The minimum atomic E-state index is 0.193. The number of aromatic nitrogens is 2. The summed E-state index contributed by atoms with van der Waals surface area (Å²) in [6.45, 7) is 4.64. The first-order valence-corrected chi connectivity index (χ1v) is 13.2. The van der Waals surface area contributed by atoms with Crippen molar-refractivity contribution >= 4 is 6.20 Å². The average molecular weight is 438 g/mol. The summed E-state index contributed by atoms with van der Waals surface area (Å²) in [5.74, 6) is 2.86. The second-order valence-electron chi connectivity index (χ2n) is 10.7. The van der Waals surface area contributed by atoms with E-state index in [-0.39, 0.29) is 5.41 Å². The number of fused-ring (bicyclic) bond motifs is 1. The molecule has 1 atom stereocenters. The Bertz CT molecular complexity index is 1170. The molecule has 3 aromatic rings. The molecule has 170 valence electrons. The van der Waals surface area contributed by atoms with Gasteiger partial charge in [0.1, 0.15) is 5.69 Å². The summed E-state index contributed by atoms with van der Waals surface area (Å²) in [6, 6.07) is 19.9. The first kappa shape index (κ1) is 21.0.